The molecular formula is C21H21ClN4OS. The van der Waals surface area contributed by atoms with Gasteiger partial charge in [0.25, 0.3) is 5.91 Å². The number of piperazine rings is 1. The first-order valence-corrected chi connectivity index (χ1v) is 11.0. The number of carbonyl (C=O) groups excluding carboxylic acids is 1. The van der Waals surface area contributed by atoms with Crippen LogP contribution in [-0.2, 0) is 0 Å². The molecule has 0 unspecified atom stereocenters. The molecule has 2 fully saturated rings. The van der Waals surface area contributed by atoms with Crippen molar-refractivity contribution < 1.29 is 4.79 Å². The van der Waals surface area contributed by atoms with Crippen LogP contribution in [0.15, 0.2) is 35.4 Å². The van der Waals surface area contributed by atoms with Gasteiger partial charge < -0.3 is 9.80 Å². The van der Waals surface area contributed by atoms with Crippen molar-refractivity contribution >= 4 is 35.0 Å². The van der Waals surface area contributed by atoms with Gasteiger partial charge in [0.1, 0.15) is 11.1 Å². The van der Waals surface area contributed by atoms with Crippen LogP contribution in [-0.4, -0.2) is 48.2 Å². The maximum absolute atomic E-state index is 13.2. The molecule has 5 nitrogen and oxygen atoms in total. The van der Waals surface area contributed by atoms with Gasteiger partial charge in [0.15, 0.2) is 0 Å². The van der Waals surface area contributed by atoms with Crippen LogP contribution < -0.4 is 4.90 Å². The van der Waals surface area contributed by atoms with Crippen LogP contribution in [0.2, 0.25) is 5.02 Å². The quantitative estimate of drug-likeness (QED) is 0.705. The van der Waals surface area contributed by atoms with Crippen molar-refractivity contribution in [3.8, 4) is 6.07 Å². The molecule has 0 N–H and O–H groups in total. The number of benzene rings is 1. The molecule has 1 saturated carbocycles. The number of pyridine rings is 1. The summed E-state index contributed by atoms with van der Waals surface area (Å²) in [5.41, 5.74) is 2.84. The van der Waals surface area contributed by atoms with Gasteiger partial charge in [0.2, 0.25) is 0 Å². The van der Waals surface area contributed by atoms with E-state index in [-0.39, 0.29) is 5.91 Å². The zero-order valence-electron chi connectivity index (χ0n) is 15.7. The van der Waals surface area contributed by atoms with Gasteiger partial charge >= 0.3 is 0 Å². The zero-order valence-corrected chi connectivity index (χ0v) is 17.3. The molecule has 1 amide bonds. The highest BCUT2D eigenvalue weighted by molar-refractivity contribution is 7.98. The maximum Gasteiger partial charge on any atom is 0.255 e. The lowest BCUT2D eigenvalue weighted by molar-refractivity contribution is 0.0746. The summed E-state index contributed by atoms with van der Waals surface area (Å²) in [6.45, 7) is 2.63. The van der Waals surface area contributed by atoms with E-state index >= 15 is 0 Å². The third kappa shape index (κ3) is 3.69. The number of anilines is 1. The van der Waals surface area contributed by atoms with Crippen molar-refractivity contribution in [2.45, 2.75) is 23.8 Å². The summed E-state index contributed by atoms with van der Waals surface area (Å²) in [4.78, 5) is 21.9. The second-order valence-corrected chi connectivity index (χ2v) is 8.30. The number of rotatable bonds is 4. The first-order valence-electron chi connectivity index (χ1n) is 9.40. The Morgan fingerprint density at radius 3 is 2.57 bits per heavy atom. The predicted molar refractivity (Wildman–Crippen MR) is 112 cm³/mol. The standard InChI is InChI=1S/C21H21ClN4OS/c1-28-20-16(13-23)15(12-18(24-20)14-6-7-14)21(27)26-10-8-25(9-11-26)19-5-3-2-4-17(19)22/h2-5,12,14H,6-11H2,1H3. The Kier molecular flexibility index (Phi) is 5.47. The van der Waals surface area contributed by atoms with Gasteiger partial charge in [-0.2, -0.15) is 5.26 Å². The lowest BCUT2D eigenvalue weighted by Crippen LogP contribution is -2.49. The molecule has 0 atom stereocenters. The van der Waals surface area contributed by atoms with Crippen LogP contribution in [0.5, 0.6) is 0 Å². The van der Waals surface area contributed by atoms with E-state index in [1.165, 1.54) is 11.8 Å². The van der Waals surface area contributed by atoms with Crippen LogP contribution in [0.25, 0.3) is 0 Å². The SMILES string of the molecule is CSc1nc(C2CC2)cc(C(=O)N2CCN(c3ccccc3Cl)CC2)c1C#N. The Morgan fingerprint density at radius 1 is 1.25 bits per heavy atom. The van der Waals surface area contributed by atoms with Crippen LogP contribution in [0.1, 0.15) is 40.4 Å². The summed E-state index contributed by atoms with van der Waals surface area (Å²) in [6, 6.07) is 11.8. The van der Waals surface area contributed by atoms with E-state index in [1.807, 2.05) is 41.5 Å². The van der Waals surface area contributed by atoms with Gasteiger partial charge in [0.05, 0.1) is 21.8 Å². The van der Waals surface area contributed by atoms with Crippen molar-refractivity contribution in [2.24, 2.45) is 0 Å². The number of nitrogens with zero attached hydrogens (tertiary/aromatic N) is 4. The van der Waals surface area contributed by atoms with Crippen molar-refractivity contribution in [3.05, 3.63) is 52.2 Å². The van der Waals surface area contributed by atoms with Crippen LogP contribution in [0.4, 0.5) is 5.69 Å². The summed E-state index contributed by atoms with van der Waals surface area (Å²) in [5.74, 6) is 0.359. The van der Waals surface area contributed by atoms with E-state index in [4.69, 9.17) is 11.6 Å². The summed E-state index contributed by atoms with van der Waals surface area (Å²) < 4.78 is 0. The summed E-state index contributed by atoms with van der Waals surface area (Å²) in [6.07, 6.45) is 4.12. The molecule has 2 aliphatic rings. The number of halogens is 1. The number of hydrogen-bond acceptors (Lipinski definition) is 5. The van der Waals surface area contributed by atoms with Crippen molar-refractivity contribution in [1.82, 2.24) is 9.88 Å². The second kappa shape index (κ2) is 8.02. The minimum Gasteiger partial charge on any atom is -0.367 e. The lowest BCUT2D eigenvalue weighted by Gasteiger charge is -2.36. The number of aromatic nitrogens is 1. The average molecular weight is 413 g/mol. The molecule has 144 valence electrons. The van der Waals surface area contributed by atoms with Gasteiger partial charge in [-0.3, -0.25) is 4.79 Å². The Bertz CT molecular complexity index is 946. The van der Waals surface area contributed by atoms with E-state index in [2.05, 4.69) is 16.0 Å². The third-order valence-corrected chi connectivity index (χ3v) is 6.30. The molecule has 0 bridgehead atoms. The number of thioether (sulfide) groups is 1. The van der Waals surface area contributed by atoms with E-state index < -0.39 is 0 Å². The highest BCUT2D eigenvalue weighted by Crippen LogP contribution is 2.40. The van der Waals surface area contributed by atoms with Crippen molar-refractivity contribution in [3.63, 3.8) is 0 Å². The second-order valence-electron chi connectivity index (χ2n) is 7.10. The number of para-hydroxylation sites is 1. The first kappa shape index (κ1) is 19.1. The fraction of sp³-hybridized carbons (Fsp3) is 0.381. The van der Waals surface area contributed by atoms with Gasteiger partial charge in [-0.25, -0.2) is 4.98 Å². The molecule has 1 aromatic carbocycles. The Hall–Kier alpha value is -2.23. The van der Waals surface area contributed by atoms with Gasteiger partial charge in [-0.15, -0.1) is 11.8 Å². The number of hydrogen-bond donors (Lipinski definition) is 0. The molecule has 28 heavy (non-hydrogen) atoms. The van der Waals surface area contributed by atoms with E-state index in [9.17, 15) is 10.1 Å². The lowest BCUT2D eigenvalue weighted by atomic mass is 10.1. The number of amides is 1. The molecule has 1 saturated heterocycles. The molecule has 4 rings (SSSR count). The van der Waals surface area contributed by atoms with Crippen molar-refractivity contribution in [2.75, 3.05) is 37.3 Å². The maximum atomic E-state index is 13.2. The number of nitriles is 1. The molecule has 2 aromatic rings. The molecule has 0 radical (unpaired) electrons. The Morgan fingerprint density at radius 2 is 1.96 bits per heavy atom. The van der Waals surface area contributed by atoms with E-state index in [0.717, 1.165) is 29.2 Å². The summed E-state index contributed by atoms with van der Waals surface area (Å²) >= 11 is 7.74. The minimum absolute atomic E-state index is 0.0741. The van der Waals surface area contributed by atoms with E-state index in [0.29, 0.717) is 48.2 Å². The van der Waals surface area contributed by atoms with Crippen LogP contribution in [0, 0.1) is 11.3 Å². The first-order chi connectivity index (χ1) is 13.6. The fourth-order valence-corrected chi connectivity index (χ4v) is 4.39. The molecule has 0 spiro atoms. The largest absolute Gasteiger partial charge is 0.367 e. The highest BCUT2D eigenvalue weighted by Gasteiger charge is 2.31. The van der Waals surface area contributed by atoms with Gasteiger partial charge in [-0.1, -0.05) is 23.7 Å². The zero-order chi connectivity index (χ0) is 19.7. The molecule has 1 aliphatic carbocycles. The Labute approximate surface area is 174 Å². The monoisotopic (exact) mass is 412 g/mol. The normalized spacial score (nSPS) is 16.8. The highest BCUT2D eigenvalue weighted by atomic mass is 35.5. The predicted octanol–water partition coefficient (Wildman–Crippen LogP) is 4.17. The summed E-state index contributed by atoms with van der Waals surface area (Å²) in [5, 5.41) is 11.0. The summed E-state index contributed by atoms with van der Waals surface area (Å²) in [7, 11) is 0. The molecule has 7 heteroatoms. The molecule has 2 heterocycles. The third-order valence-electron chi connectivity index (χ3n) is 5.30. The average Bonchev–Trinajstić information content (AvgIpc) is 3.58. The molecular weight excluding hydrogens is 392 g/mol. The number of carbonyl (C=O) groups is 1. The molecule has 1 aliphatic heterocycles. The fourth-order valence-electron chi connectivity index (χ4n) is 3.58. The topological polar surface area (TPSA) is 60.2 Å². The van der Waals surface area contributed by atoms with Crippen LogP contribution in [0.3, 0.4) is 0 Å². The van der Waals surface area contributed by atoms with E-state index in [1.54, 1.807) is 0 Å². The van der Waals surface area contributed by atoms with Crippen molar-refractivity contribution in [1.29, 1.82) is 5.26 Å². The van der Waals surface area contributed by atoms with Gasteiger partial charge in [-0.05, 0) is 37.3 Å². The molecule has 1 aromatic heterocycles. The Balaban J connectivity index is 1.55. The van der Waals surface area contributed by atoms with Crippen LogP contribution >= 0.6 is 23.4 Å². The van der Waals surface area contributed by atoms with Gasteiger partial charge in [0, 0.05) is 37.8 Å². The smallest absolute Gasteiger partial charge is 0.255 e. The minimum atomic E-state index is -0.0741.